The van der Waals surface area contributed by atoms with Crippen LogP contribution in [0.25, 0.3) is 0 Å². The van der Waals surface area contributed by atoms with Crippen molar-refractivity contribution in [1.29, 1.82) is 0 Å². The Kier molecular flexibility index (Phi) is 5.80. The van der Waals surface area contributed by atoms with Crippen molar-refractivity contribution in [3.63, 3.8) is 0 Å². The van der Waals surface area contributed by atoms with Gasteiger partial charge in [-0.25, -0.2) is 4.98 Å². The molecule has 2 atom stereocenters. The van der Waals surface area contributed by atoms with Gasteiger partial charge in [-0.15, -0.1) is 11.3 Å². The molecular weight excluding hydrogens is 240 g/mol. The van der Waals surface area contributed by atoms with Crippen molar-refractivity contribution in [3.05, 3.63) is 16.1 Å². The largest absolute Gasteiger partial charge is 0.308 e. The molecule has 2 nitrogen and oxygen atoms in total. The number of nitrogens with one attached hydrogen (secondary N) is 1. The lowest BCUT2D eigenvalue weighted by Crippen LogP contribution is -2.27. The van der Waals surface area contributed by atoms with E-state index in [1.165, 1.54) is 23.5 Å². The fraction of sp³-hybridized carbons (Fsp3) is 0.800. The molecule has 0 radical (unpaired) electrons. The first-order chi connectivity index (χ1) is 8.40. The maximum atomic E-state index is 4.86. The average Bonchev–Trinajstić information content (AvgIpc) is 2.78. The Hall–Kier alpha value is -0.410. The Morgan fingerprint density at radius 2 is 2.00 bits per heavy atom. The molecule has 1 aromatic rings. The van der Waals surface area contributed by atoms with E-state index in [2.05, 4.69) is 52.2 Å². The molecule has 0 saturated carbocycles. The molecular formula is C15H28N2S. The van der Waals surface area contributed by atoms with Gasteiger partial charge in [0.1, 0.15) is 5.01 Å². The molecule has 1 heterocycles. The Morgan fingerprint density at radius 1 is 1.33 bits per heavy atom. The average molecular weight is 268 g/mol. The second-order valence-corrected chi connectivity index (χ2v) is 7.03. The predicted octanol–water partition coefficient (Wildman–Crippen LogP) is 4.53. The number of hydrogen-bond donors (Lipinski definition) is 1. The smallest absolute Gasteiger partial charge is 0.110 e. The van der Waals surface area contributed by atoms with Gasteiger partial charge in [-0.3, -0.25) is 0 Å². The monoisotopic (exact) mass is 268 g/mol. The molecule has 3 heteroatoms. The number of hydrogen-bond acceptors (Lipinski definition) is 3. The Bertz CT molecular complexity index is 352. The molecule has 0 aromatic carbocycles. The Labute approximate surface area is 116 Å². The highest BCUT2D eigenvalue weighted by molar-refractivity contribution is 7.09. The van der Waals surface area contributed by atoms with Crippen LogP contribution in [0.3, 0.4) is 0 Å². The highest BCUT2D eigenvalue weighted by Gasteiger charge is 2.23. The second-order valence-electron chi connectivity index (χ2n) is 6.14. The summed E-state index contributed by atoms with van der Waals surface area (Å²) in [5.41, 5.74) is 1.37. The number of thiazole rings is 1. The Morgan fingerprint density at radius 3 is 2.44 bits per heavy atom. The zero-order valence-corrected chi connectivity index (χ0v) is 13.5. The summed E-state index contributed by atoms with van der Waals surface area (Å²) in [5, 5.41) is 7.12. The SMILES string of the molecule is CCCNC(c1nc(C(C)(C)C)cs1)C(C)CC. The summed E-state index contributed by atoms with van der Waals surface area (Å²) in [5.74, 6) is 0.635. The third-order valence-electron chi connectivity index (χ3n) is 3.38. The van der Waals surface area contributed by atoms with Crippen molar-refractivity contribution in [2.45, 2.75) is 65.8 Å². The molecule has 1 N–H and O–H groups in total. The van der Waals surface area contributed by atoms with E-state index in [0.29, 0.717) is 12.0 Å². The fourth-order valence-electron chi connectivity index (χ4n) is 1.84. The van der Waals surface area contributed by atoms with Crippen molar-refractivity contribution in [1.82, 2.24) is 10.3 Å². The lowest BCUT2D eigenvalue weighted by molar-refractivity contribution is 0.374. The first-order valence-electron chi connectivity index (χ1n) is 7.09. The van der Waals surface area contributed by atoms with Gasteiger partial charge in [0.05, 0.1) is 11.7 Å². The minimum Gasteiger partial charge on any atom is -0.308 e. The van der Waals surface area contributed by atoms with E-state index in [1.54, 1.807) is 11.3 Å². The first kappa shape index (κ1) is 15.6. The van der Waals surface area contributed by atoms with Gasteiger partial charge in [0, 0.05) is 10.8 Å². The van der Waals surface area contributed by atoms with Gasteiger partial charge >= 0.3 is 0 Å². The predicted molar refractivity (Wildman–Crippen MR) is 81.3 cm³/mol. The number of nitrogens with zero attached hydrogens (tertiary/aromatic N) is 1. The molecule has 0 spiro atoms. The summed E-state index contributed by atoms with van der Waals surface area (Å²) in [6.45, 7) is 14.5. The van der Waals surface area contributed by atoms with Crippen LogP contribution in [0.2, 0.25) is 0 Å². The third kappa shape index (κ3) is 4.06. The fourth-order valence-corrected chi connectivity index (χ4v) is 3.09. The van der Waals surface area contributed by atoms with E-state index in [1.807, 2.05) is 0 Å². The lowest BCUT2D eigenvalue weighted by Gasteiger charge is -2.22. The van der Waals surface area contributed by atoms with Gasteiger partial charge in [-0.1, -0.05) is 48.0 Å². The summed E-state index contributed by atoms with van der Waals surface area (Å²) >= 11 is 1.81. The van der Waals surface area contributed by atoms with Crippen LogP contribution >= 0.6 is 11.3 Å². The molecule has 0 fully saturated rings. The van der Waals surface area contributed by atoms with E-state index in [-0.39, 0.29) is 5.41 Å². The third-order valence-corrected chi connectivity index (χ3v) is 4.31. The van der Waals surface area contributed by atoms with E-state index < -0.39 is 0 Å². The van der Waals surface area contributed by atoms with Gasteiger partial charge in [0.15, 0.2) is 0 Å². The normalized spacial score (nSPS) is 15.7. The molecule has 104 valence electrons. The van der Waals surface area contributed by atoms with Gasteiger partial charge in [-0.05, 0) is 18.9 Å². The van der Waals surface area contributed by atoms with Gasteiger partial charge in [-0.2, -0.15) is 0 Å². The number of aromatic nitrogens is 1. The summed E-state index contributed by atoms with van der Waals surface area (Å²) < 4.78 is 0. The molecule has 0 aliphatic carbocycles. The molecule has 0 aliphatic heterocycles. The maximum Gasteiger partial charge on any atom is 0.110 e. The van der Waals surface area contributed by atoms with Gasteiger partial charge < -0.3 is 5.32 Å². The van der Waals surface area contributed by atoms with Gasteiger partial charge in [0.2, 0.25) is 0 Å². The summed E-state index contributed by atoms with van der Waals surface area (Å²) in [4.78, 5) is 4.86. The van der Waals surface area contributed by atoms with Crippen LogP contribution in [0.1, 0.15) is 71.1 Å². The van der Waals surface area contributed by atoms with Gasteiger partial charge in [0.25, 0.3) is 0 Å². The van der Waals surface area contributed by atoms with Crippen molar-refractivity contribution < 1.29 is 0 Å². The second kappa shape index (κ2) is 6.67. The number of rotatable bonds is 6. The Balaban J connectivity index is 2.88. The van der Waals surface area contributed by atoms with E-state index in [4.69, 9.17) is 4.98 Å². The first-order valence-corrected chi connectivity index (χ1v) is 7.97. The molecule has 18 heavy (non-hydrogen) atoms. The molecule has 1 aromatic heterocycles. The van der Waals surface area contributed by atoms with Crippen molar-refractivity contribution in [3.8, 4) is 0 Å². The van der Waals surface area contributed by atoms with Crippen LogP contribution in [0.5, 0.6) is 0 Å². The molecule has 0 bridgehead atoms. The van der Waals surface area contributed by atoms with Crippen molar-refractivity contribution in [2.24, 2.45) is 5.92 Å². The summed E-state index contributed by atoms with van der Waals surface area (Å²) in [6, 6.07) is 0.413. The van der Waals surface area contributed by atoms with Crippen LogP contribution in [-0.4, -0.2) is 11.5 Å². The van der Waals surface area contributed by atoms with Crippen LogP contribution in [0, 0.1) is 5.92 Å². The minimum atomic E-state index is 0.152. The molecule has 0 amide bonds. The quantitative estimate of drug-likeness (QED) is 0.820. The van der Waals surface area contributed by atoms with Crippen LogP contribution in [0.4, 0.5) is 0 Å². The van der Waals surface area contributed by atoms with Crippen molar-refractivity contribution in [2.75, 3.05) is 6.54 Å². The lowest BCUT2D eigenvalue weighted by atomic mass is 9.93. The molecule has 0 saturated heterocycles. The zero-order valence-electron chi connectivity index (χ0n) is 12.7. The standard InChI is InChI=1S/C15H28N2S/c1-7-9-16-13(11(3)8-2)14-17-12(10-18-14)15(4,5)6/h10-11,13,16H,7-9H2,1-6H3. The molecule has 1 rings (SSSR count). The highest BCUT2D eigenvalue weighted by atomic mass is 32.1. The van der Waals surface area contributed by atoms with E-state index >= 15 is 0 Å². The molecule has 0 aliphatic rings. The van der Waals surface area contributed by atoms with E-state index in [0.717, 1.165) is 6.54 Å². The van der Waals surface area contributed by atoms with Crippen LogP contribution in [0.15, 0.2) is 5.38 Å². The summed E-state index contributed by atoms with van der Waals surface area (Å²) in [7, 11) is 0. The topological polar surface area (TPSA) is 24.9 Å². The van der Waals surface area contributed by atoms with Crippen LogP contribution in [-0.2, 0) is 5.41 Å². The van der Waals surface area contributed by atoms with E-state index in [9.17, 15) is 0 Å². The highest BCUT2D eigenvalue weighted by Crippen LogP contribution is 2.31. The van der Waals surface area contributed by atoms with Crippen LogP contribution < -0.4 is 5.32 Å². The maximum absolute atomic E-state index is 4.86. The minimum absolute atomic E-state index is 0.152. The zero-order chi connectivity index (χ0) is 13.8. The molecule has 2 unspecified atom stereocenters. The summed E-state index contributed by atoms with van der Waals surface area (Å²) in [6.07, 6.45) is 2.36. The van der Waals surface area contributed by atoms with Crippen molar-refractivity contribution >= 4 is 11.3 Å².